The third-order valence-electron chi connectivity index (χ3n) is 14.1. The van der Waals surface area contributed by atoms with Gasteiger partial charge in [-0.1, -0.05) is 96.2 Å². The van der Waals surface area contributed by atoms with Gasteiger partial charge in [0.25, 0.3) is 0 Å². The minimum absolute atomic E-state index is 0.395. The van der Waals surface area contributed by atoms with E-state index in [0.717, 1.165) is 71.2 Å². The number of thiophene rings is 1. The molecule has 4 atom stereocenters. The van der Waals surface area contributed by atoms with E-state index >= 15 is 0 Å². The number of pyridine rings is 1. The highest BCUT2D eigenvalue weighted by molar-refractivity contribution is 7.19. The molecule has 12 aromatic rings. The third-order valence-corrected chi connectivity index (χ3v) is 15.4. The van der Waals surface area contributed by atoms with Gasteiger partial charge >= 0.3 is 0 Å². The number of benzene rings is 5. The number of fused-ring (bicyclic) bond motifs is 5. The maximum atomic E-state index is 7.64. The van der Waals surface area contributed by atoms with E-state index in [1.165, 1.54) is 5.56 Å². The fourth-order valence-electron chi connectivity index (χ4n) is 11.8. The number of hydrogen-bond donors (Lipinski definition) is 4. The van der Waals surface area contributed by atoms with Crippen molar-refractivity contribution in [3.8, 4) is 0 Å². The summed E-state index contributed by atoms with van der Waals surface area (Å²) in [6.07, 6.45) is 6.27. The van der Waals surface area contributed by atoms with Gasteiger partial charge in [0.15, 0.2) is 11.5 Å². The van der Waals surface area contributed by atoms with Crippen molar-refractivity contribution < 1.29 is 4.42 Å². The summed E-state index contributed by atoms with van der Waals surface area (Å²) in [5.74, 6) is 2.37. The molecule has 7 aromatic heterocycles. The van der Waals surface area contributed by atoms with Gasteiger partial charge in [-0.25, -0.2) is 9.97 Å². The summed E-state index contributed by atoms with van der Waals surface area (Å²) >= 11 is 1.74. The Kier molecular flexibility index (Phi) is 7.76. The van der Waals surface area contributed by atoms with E-state index in [1.807, 2.05) is 36.7 Å². The van der Waals surface area contributed by atoms with Gasteiger partial charge in [0.2, 0.25) is 0 Å². The lowest BCUT2D eigenvalue weighted by atomic mass is 9.53. The van der Waals surface area contributed by atoms with Crippen molar-refractivity contribution in [2.75, 3.05) is 16.3 Å². The predicted octanol–water partition coefficient (Wildman–Crippen LogP) is 10.1. The highest BCUT2D eigenvalue weighted by atomic mass is 32.1. The first kappa shape index (κ1) is 37.1. The number of aromatic nitrogens is 10. The van der Waals surface area contributed by atoms with Crippen LogP contribution < -0.4 is 9.80 Å². The first-order valence-electron chi connectivity index (χ1n) is 22.0. The summed E-state index contributed by atoms with van der Waals surface area (Å²) in [4.78, 5) is 25.0. The molecule has 0 radical (unpaired) electrons. The Morgan fingerprint density at radius 3 is 2.38 bits per heavy atom. The molecule has 5 aromatic carbocycles. The molecule has 1 fully saturated rings. The molecule has 4 unspecified atom stereocenters. The Morgan fingerprint density at radius 2 is 1.56 bits per heavy atom. The van der Waals surface area contributed by atoms with Crippen LogP contribution in [0, 0.1) is 0 Å². The second-order valence-electron chi connectivity index (χ2n) is 17.1. The minimum atomic E-state index is -1.47. The average molecular weight is 879 g/mol. The number of H-pyrrole nitrogens is 4. The monoisotopic (exact) mass is 878 g/mol. The summed E-state index contributed by atoms with van der Waals surface area (Å²) in [5.41, 5.74) is 2.28. The number of anilines is 2. The molecule has 4 N–H and O–H groups in total. The molecule has 318 valence electrons. The van der Waals surface area contributed by atoms with Gasteiger partial charge in [0.1, 0.15) is 33.8 Å². The van der Waals surface area contributed by atoms with Crippen molar-refractivity contribution in [2.45, 2.75) is 29.0 Å². The summed E-state index contributed by atoms with van der Waals surface area (Å²) in [5, 5.41) is 29.9. The zero-order valence-corrected chi connectivity index (χ0v) is 35.9. The van der Waals surface area contributed by atoms with E-state index in [0.29, 0.717) is 29.8 Å². The molecule has 2 aliphatic heterocycles. The molecule has 2 aliphatic rings. The van der Waals surface area contributed by atoms with Crippen molar-refractivity contribution in [2.24, 2.45) is 0 Å². The van der Waals surface area contributed by atoms with Gasteiger partial charge in [-0.05, 0) is 89.5 Å². The number of furan rings is 1. The highest BCUT2D eigenvalue weighted by Crippen LogP contribution is 2.76. The zero-order valence-electron chi connectivity index (χ0n) is 35.1. The molecule has 0 aliphatic carbocycles. The molecule has 9 heterocycles. The van der Waals surface area contributed by atoms with E-state index in [2.05, 4.69) is 169 Å². The normalized spacial score (nSPS) is 21.8. The third kappa shape index (κ3) is 4.72. The maximum absolute atomic E-state index is 7.64. The highest BCUT2D eigenvalue weighted by Gasteiger charge is 2.85. The molecule has 13 nitrogen and oxygen atoms in total. The van der Waals surface area contributed by atoms with Gasteiger partial charge in [-0.15, -0.1) is 21.5 Å². The maximum Gasteiger partial charge on any atom is 0.192 e. The van der Waals surface area contributed by atoms with Gasteiger partial charge in [-0.3, -0.25) is 5.10 Å². The average Bonchev–Trinajstić information content (AvgIpc) is 4.21. The molecule has 14 rings (SSSR count). The lowest BCUT2D eigenvalue weighted by molar-refractivity contribution is 0.184. The van der Waals surface area contributed by atoms with Crippen molar-refractivity contribution in [1.29, 1.82) is 0 Å². The van der Waals surface area contributed by atoms with Crippen LogP contribution in [0.2, 0.25) is 0 Å². The van der Waals surface area contributed by atoms with Crippen LogP contribution in [0.15, 0.2) is 181 Å². The van der Waals surface area contributed by atoms with Crippen molar-refractivity contribution in [3.63, 3.8) is 0 Å². The Balaban J connectivity index is 1.32. The Hall–Kier alpha value is -8.36. The first-order valence-corrected chi connectivity index (χ1v) is 22.8. The van der Waals surface area contributed by atoms with E-state index in [1.54, 1.807) is 17.5 Å². The molecule has 66 heavy (non-hydrogen) atoms. The summed E-state index contributed by atoms with van der Waals surface area (Å²) in [6, 6.07) is 54.8. The van der Waals surface area contributed by atoms with Crippen LogP contribution in [0.1, 0.15) is 45.3 Å². The van der Waals surface area contributed by atoms with E-state index in [9.17, 15) is 0 Å². The molecule has 1 saturated heterocycles. The van der Waals surface area contributed by atoms with Crippen LogP contribution in [-0.2, 0) is 22.9 Å². The molecule has 14 heteroatoms. The molecule has 0 spiro atoms. The largest absolute Gasteiger partial charge is 0.460 e. The number of aromatic amines is 4. The number of tetrazole rings is 1. The lowest BCUT2D eigenvalue weighted by Crippen LogP contribution is -2.68. The second kappa shape index (κ2) is 13.8. The lowest BCUT2D eigenvalue weighted by Gasteiger charge is -2.56. The molecule has 0 amide bonds. The van der Waals surface area contributed by atoms with Crippen LogP contribution in [-0.4, -0.2) is 57.3 Å². The minimum Gasteiger partial charge on any atom is -0.460 e. The molecular weight excluding hydrogens is 841 g/mol. The van der Waals surface area contributed by atoms with Gasteiger partial charge in [0.05, 0.1) is 22.9 Å². The first-order chi connectivity index (χ1) is 32.7. The standard InChI is InChI=1S/C52H38N12OS/c1-6-16-37-32(11-1)21-22-46(57-37)64-47(39-23-25-55-58-39)50(48-53-26-27-54-48,49-59-61-62-60-49)51(44-30-35-14-4-9-19-41(35)65-44,45-31-36-15-5-10-20-42(36)66-45)52(64,43-29-34-13-2-7-17-38(34)56-43)63-28-24-33-12-3-8-18-40(33)63/h1-23,25-27,29-31,47,56H,24,28H2,(H,53,54)(H,55,58)(H,59,60,61,62). The van der Waals surface area contributed by atoms with E-state index in [-0.39, 0.29) is 0 Å². The molecular formula is C52H38N12OS. The second-order valence-corrected chi connectivity index (χ2v) is 18.2. The van der Waals surface area contributed by atoms with Crippen molar-refractivity contribution in [3.05, 3.63) is 216 Å². The summed E-state index contributed by atoms with van der Waals surface area (Å²) < 4.78 is 8.75. The smallest absolute Gasteiger partial charge is 0.192 e. The summed E-state index contributed by atoms with van der Waals surface area (Å²) in [6.45, 7) is 0.627. The fourth-order valence-corrected chi connectivity index (χ4v) is 13.1. The van der Waals surface area contributed by atoms with Crippen LogP contribution in [0.3, 0.4) is 0 Å². The van der Waals surface area contributed by atoms with E-state index < -0.39 is 22.5 Å². The Morgan fingerprint density at radius 1 is 0.742 bits per heavy atom. The van der Waals surface area contributed by atoms with Crippen molar-refractivity contribution in [1.82, 2.24) is 50.8 Å². The zero-order chi connectivity index (χ0) is 43.5. The Bertz CT molecular complexity index is 3530. The van der Waals surface area contributed by atoms with Crippen LogP contribution in [0.25, 0.3) is 42.9 Å². The molecule has 0 bridgehead atoms. The van der Waals surface area contributed by atoms with Crippen LogP contribution in [0.5, 0.6) is 0 Å². The number of nitrogens with zero attached hydrogens (tertiary/aromatic N) is 8. The van der Waals surface area contributed by atoms with Crippen LogP contribution in [0.4, 0.5) is 11.5 Å². The molecule has 0 saturated carbocycles. The SMILES string of the molecule is c1ccc2c(c1)CCN2C1(c2cc3ccccc3[nH]2)N(c2ccc3ccccc3n2)C(c2ccn[nH]2)C(c2nn[nH]n2)(c2ncc[nH]2)C1(c1cc2ccccc2o1)c1cc2ccccc2s1. The number of nitrogens with one attached hydrogen (secondary N) is 4. The number of hydrogen-bond acceptors (Lipinski definition) is 10. The predicted molar refractivity (Wildman–Crippen MR) is 255 cm³/mol. The summed E-state index contributed by atoms with van der Waals surface area (Å²) in [7, 11) is 0. The number of imidazole rings is 1. The fraction of sp³-hybridized carbons (Fsp3) is 0.115. The van der Waals surface area contributed by atoms with Gasteiger partial charge < -0.3 is 24.2 Å². The number of rotatable bonds is 8. The topological polar surface area (TPSA) is 160 Å². The Labute approximate surface area is 380 Å². The van der Waals surface area contributed by atoms with Crippen molar-refractivity contribution >= 4 is 65.7 Å². The van der Waals surface area contributed by atoms with E-state index in [4.69, 9.17) is 29.7 Å². The number of para-hydroxylation sites is 4. The quantitative estimate of drug-likeness (QED) is 0.117. The van der Waals surface area contributed by atoms with Gasteiger partial charge in [-0.2, -0.15) is 10.3 Å². The van der Waals surface area contributed by atoms with Crippen LogP contribution >= 0.6 is 11.3 Å². The van der Waals surface area contributed by atoms with Gasteiger partial charge in [0, 0.05) is 56.7 Å².